The fraction of sp³-hybridized carbons (Fsp3) is 0.222. The molecule has 0 unspecified atom stereocenters. The van der Waals surface area contributed by atoms with Crippen LogP contribution in [-0.4, -0.2) is 19.3 Å². The molecule has 0 bridgehead atoms. The lowest BCUT2D eigenvalue weighted by molar-refractivity contribution is -0.114. The average molecular weight is 390 g/mol. The van der Waals surface area contributed by atoms with Crippen LogP contribution in [0.15, 0.2) is 41.3 Å². The molecule has 1 amide bonds. The Kier molecular flexibility index (Phi) is 4.97. The van der Waals surface area contributed by atoms with Crippen LogP contribution in [0, 0.1) is 6.92 Å². The summed E-state index contributed by atoms with van der Waals surface area (Å²) in [6.45, 7) is 5.20. The first-order chi connectivity index (χ1) is 12.3. The van der Waals surface area contributed by atoms with Gasteiger partial charge in [-0.05, 0) is 42.7 Å². The van der Waals surface area contributed by atoms with Crippen LogP contribution in [0.2, 0.25) is 0 Å². The standard InChI is InChI=1S/C18H19N3O3S2/c1-4-13-7-5-6-8-16(13)26(23,24)21-14-9-11(2)17-15(10-14)25-18(20-17)19-12(3)22/h5-10,21H,4H2,1-3H3,(H,19,20,22). The molecule has 2 aromatic carbocycles. The topological polar surface area (TPSA) is 88.2 Å². The summed E-state index contributed by atoms with van der Waals surface area (Å²) in [6.07, 6.45) is 0.629. The van der Waals surface area contributed by atoms with Gasteiger partial charge < -0.3 is 5.32 Å². The summed E-state index contributed by atoms with van der Waals surface area (Å²) >= 11 is 1.31. The summed E-state index contributed by atoms with van der Waals surface area (Å²) < 4.78 is 29.1. The number of amides is 1. The van der Waals surface area contributed by atoms with Gasteiger partial charge in [-0.2, -0.15) is 0 Å². The molecular weight excluding hydrogens is 370 g/mol. The number of carbonyl (C=O) groups is 1. The van der Waals surface area contributed by atoms with Crippen LogP contribution in [0.25, 0.3) is 10.2 Å². The van der Waals surface area contributed by atoms with Gasteiger partial charge in [0.1, 0.15) is 0 Å². The minimum absolute atomic E-state index is 0.196. The number of nitrogens with one attached hydrogen (secondary N) is 2. The number of rotatable bonds is 5. The zero-order valence-electron chi connectivity index (χ0n) is 14.7. The molecule has 0 aliphatic carbocycles. The van der Waals surface area contributed by atoms with Crippen molar-refractivity contribution in [3.05, 3.63) is 47.5 Å². The Morgan fingerprint density at radius 2 is 1.96 bits per heavy atom. The Balaban J connectivity index is 1.99. The second-order valence-electron chi connectivity index (χ2n) is 5.91. The molecular formula is C18H19N3O3S2. The van der Waals surface area contributed by atoms with Crippen molar-refractivity contribution in [2.45, 2.75) is 32.1 Å². The van der Waals surface area contributed by atoms with Gasteiger partial charge in [-0.1, -0.05) is 36.5 Å². The van der Waals surface area contributed by atoms with Gasteiger partial charge in [0.25, 0.3) is 10.0 Å². The molecule has 0 aliphatic heterocycles. The van der Waals surface area contributed by atoms with E-state index in [0.717, 1.165) is 21.3 Å². The second-order valence-corrected chi connectivity index (χ2v) is 8.59. The van der Waals surface area contributed by atoms with Crippen molar-refractivity contribution in [3.8, 4) is 0 Å². The molecule has 0 aliphatic rings. The van der Waals surface area contributed by atoms with Gasteiger partial charge in [0.15, 0.2) is 5.13 Å². The number of nitrogens with zero attached hydrogens (tertiary/aromatic N) is 1. The van der Waals surface area contributed by atoms with Crippen LogP contribution in [0.3, 0.4) is 0 Å². The number of hydrogen-bond donors (Lipinski definition) is 2. The van der Waals surface area contributed by atoms with E-state index in [4.69, 9.17) is 0 Å². The predicted molar refractivity (Wildman–Crippen MR) is 105 cm³/mol. The number of thiazole rings is 1. The van der Waals surface area contributed by atoms with Crippen LogP contribution in [-0.2, 0) is 21.2 Å². The van der Waals surface area contributed by atoms with E-state index in [-0.39, 0.29) is 10.8 Å². The van der Waals surface area contributed by atoms with Crippen molar-refractivity contribution in [2.75, 3.05) is 10.0 Å². The molecule has 3 aromatic rings. The molecule has 8 heteroatoms. The van der Waals surface area contributed by atoms with Crippen molar-refractivity contribution in [1.29, 1.82) is 0 Å². The third-order valence-electron chi connectivity index (χ3n) is 3.86. The van der Waals surface area contributed by atoms with Gasteiger partial charge in [0, 0.05) is 6.92 Å². The lowest BCUT2D eigenvalue weighted by atomic mass is 10.2. The van der Waals surface area contributed by atoms with Crippen molar-refractivity contribution in [3.63, 3.8) is 0 Å². The molecule has 0 atom stereocenters. The molecule has 0 saturated carbocycles. The smallest absolute Gasteiger partial charge is 0.262 e. The van der Waals surface area contributed by atoms with Gasteiger partial charge in [-0.15, -0.1) is 0 Å². The number of fused-ring (bicyclic) bond motifs is 1. The SMILES string of the molecule is CCc1ccccc1S(=O)(=O)Nc1cc(C)c2nc(NC(C)=O)sc2c1. The summed E-state index contributed by atoms with van der Waals surface area (Å²) in [4.78, 5) is 15.9. The van der Waals surface area contributed by atoms with E-state index in [0.29, 0.717) is 17.2 Å². The predicted octanol–water partition coefficient (Wildman–Crippen LogP) is 3.93. The summed E-state index contributed by atoms with van der Waals surface area (Å²) in [5.41, 5.74) is 2.81. The monoisotopic (exact) mass is 389 g/mol. The Labute approximate surface area is 156 Å². The number of anilines is 2. The number of carbonyl (C=O) groups excluding carboxylic acids is 1. The number of aryl methyl sites for hydroxylation is 2. The van der Waals surface area contributed by atoms with Crippen LogP contribution >= 0.6 is 11.3 Å². The van der Waals surface area contributed by atoms with E-state index in [9.17, 15) is 13.2 Å². The molecule has 1 heterocycles. The van der Waals surface area contributed by atoms with E-state index in [1.807, 2.05) is 26.0 Å². The van der Waals surface area contributed by atoms with Gasteiger partial charge in [-0.25, -0.2) is 13.4 Å². The second kappa shape index (κ2) is 7.05. The maximum atomic E-state index is 12.8. The molecule has 26 heavy (non-hydrogen) atoms. The Bertz CT molecular complexity index is 1090. The first kappa shape index (κ1) is 18.3. The van der Waals surface area contributed by atoms with E-state index in [1.165, 1.54) is 18.3 Å². The first-order valence-corrected chi connectivity index (χ1v) is 10.4. The van der Waals surface area contributed by atoms with E-state index in [1.54, 1.807) is 24.3 Å². The minimum Gasteiger partial charge on any atom is -0.302 e. The molecule has 2 N–H and O–H groups in total. The molecule has 0 saturated heterocycles. The maximum Gasteiger partial charge on any atom is 0.262 e. The zero-order chi connectivity index (χ0) is 18.9. The summed E-state index contributed by atoms with van der Waals surface area (Å²) in [7, 11) is -3.69. The summed E-state index contributed by atoms with van der Waals surface area (Å²) in [5.74, 6) is -0.196. The van der Waals surface area contributed by atoms with Crippen molar-refractivity contribution < 1.29 is 13.2 Å². The molecule has 0 fully saturated rings. The Morgan fingerprint density at radius 1 is 1.23 bits per heavy atom. The number of benzene rings is 2. The van der Waals surface area contributed by atoms with Crippen molar-refractivity contribution in [1.82, 2.24) is 4.98 Å². The highest BCUT2D eigenvalue weighted by molar-refractivity contribution is 7.92. The van der Waals surface area contributed by atoms with Crippen LogP contribution < -0.4 is 10.0 Å². The average Bonchev–Trinajstić information content (AvgIpc) is 2.96. The molecule has 6 nitrogen and oxygen atoms in total. The highest BCUT2D eigenvalue weighted by Gasteiger charge is 2.18. The lowest BCUT2D eigenvalue weighted by Gasteiger charge is -2.12. The van der Waals surface area contributed by atoms with Gasteiger partial charge in [-0.3, -0.25) is 9.52 Å². The fourth-order valence-electron chi connectivity index (χ4n) is 2.73. The van der Waals surface area contributed by atoms with E-state index < -0.39 is 10.0 Å². The van der Waals surface area contributed by atoms with Gasteiger partial charge in [0.2, 0.25) is 5.91 Å². The molecule has 0 radical (unpaired) electrons. The van der Waals surface area contributed by atoms with E-state index in [2.05, 4.69) is 15.0 Å². The molecule has 136 valence electrons. The maximum absolute atomic E-state index is 12.8. The van der Waals surface area contributed by atoms with Gasteiger partial charge >= 0.3 is 0 Å². The van der Waals surface area contributed by atoms with Crippen LogP contribution in [0.5, 0.6) is 0 Å². The van der Waals surface area contributed by atoms with E-state index >= 15 is 0 Å². The minimum atomic E-state index is -3.69. The largest absolute Gasteiger partial charge is 0.302 e. The summed E-state index contributed by atoms with van der Waals surface area (Å²) in [5, 5.41) is 3.15. The normalized spacial score (nSPS) is 11.5. The lowest BCUT2D eigenvalue weighted by Crippen LogP contribution is -2.15. The Morgan fingerprint density at radius 3 is 2.65 bits per heavy atom. The first-order valence-electron chi connectivity index (χ1n) is 8.09. The van der Waals surface area contributed by atoms with Crippen LogP contribution in [0.4, 0.5) is 10.8 Å². The zero-order valence-corrected chi connectivity index (χ0v) is 16.3. The number of hydrogen-bond acceptors (Lipinski definition) is 5. The van der Waals surface area contributed by atoms with Gasteiger partial charge in [0.05, 0.1) is 20.8 Å². The fourth-order valence-corrected chi connectivity index (χ4v) is 5.11. The van der Waals surface area contributed by atoms with Crippen LogP contribution in [0.1, 0.15) is 25.0 Å². The molecule has 3 rings (SSSR count). The van der Waals surface area contributed by atoms with Crippen molar-refractivity contribution >= 4 is 48.3 Å². The van der Waals surface area contributed by atoms with Crippen molar-refractivity contribution in [2.24, 2.45) is 0 Å². The highest BCUT2D eigenvalue weighted by Crippen LogP contribution is 2.32. The number of aromatic nitrogens is 1. The molecule has 0 spiro atoms. The Hall–Kier alpha value is -2.45. The summed E-state index contributed by atoms with van der Waals surface area (Å²) in [6, 6.07) is 10.4. The third-order valence-corrected chi connectivity index (χ3v) is 6.26. The highest BCUT2D eigenvalue weighted by atomic mass is 32.2. The quantitative estimate of drug-likeness (QED) is 0.692. The third kappa shape index (κ3) is 3.71. The number of sulfonamides is 1. The molecule has 1 aromatic heterocycles.